The minimum atomic E-state index is 0.807. The zero-order valence-corrected chi connectivity index (χ0v) is 14.2. The van der Waals surface area contributed by atoms with Gasteiger partial charge in [0, 0.05) is 31.7 Å². The topological polar surface area (TPSA) is 21.8 Å². The van der Waals surface area contributed by atoms with Gasteiger partial charge in [-0.3, -0.25) is 9.80 Å². The van der Waals surface area contributed by atoms with Crippen LogP contribution in [0.4, 0.5) is 0 Å². The lowest BCUT2D eigenvalue weighted by molar-refractivity contribution is 0.108. The van der Waals surface area contributed by atoms with Gasteiger partial charge in [0.05, 0.1) is 0 Å². The van der Waals surface area contributed by atoms with Gasteiger partial charge in [0.15, 0.2) is 0 Å². The second-order valence-corrected chi connectivity index (χ2v) is 8.01. The van der Waals surface area contributed by atoms with E-state index in [9.17, 15) is 0 Å². The highest BCUT2D eigenvalue weighted by Crippen LogP contribution is 2.26. The maximum Gasteiger partial charge on any atom is 0.0261 e. The van der Waals surface area contributed by atoms with Gasteiger partial charge < -0.3 is 10.2 Å². The molecule has 4 fully saturated rings. The van der Waals surface area contributed by atoms with Gasteiger partial charge in [0.1, 0.15) is 0 Å². The highest BCUT2D eigenvalue weighted by Gasteiger charge is 2.35. The zero-order valence-electron chi connectivity index (χ0n) is 14.2. The van der Waals surface area contributed by atoms with Gasteiger partial charge in [-0.05, 0) is 83.7 Å². The second-order valence-electron chi connectivity index (χ2n) is 8.01. The average molecular weight is 306 g/mol. The molecule has 126 valence electrons. The second kappa shape index (κ2) is 7.16. The Kier molecular flexibility index (Phi) is 5.01. The van der Waals surface area contributed by atoms with E-state index in [4.69, 9.17) is 0 Å². The maximum absolute atomic E-state index is 3.65. The van der Waals surface area contributed by atoms with Crippen LogP contribution in [0.3, 0.4) is 0 Å². The molecule has 4 rings (SSSR count). The summed E-state index contributed by atoms with van der Waals surface area (Å²) in [5.74, 6) is 0.900. The number of hydrogen-bond acceptors (Lipinski definition) is 4. The number of rotatable bonds is 4. The van der Waals surface area contributed by atoms with Crippen molar-refractivity contribution in [3.63, 3.8) is 0 Å². The molecule has 0 radical (unpaired) electrons. The molecule has 0 aromatic rings. The van der Waals surface area contributed by atoms with Crippen LogP contribution >= 0.6 is 0 Å². The van der Waals surface area contributed by atoms with Gasteiger partial charge in [-0.1, -0.05) is 0 Å². The first-order valence-corrected chi connectivity index (χ1v) is 9.81. The Balaban J connectivity index is 1.31. The van der Waals surface area contributed by atoms with E-state index in [0.29, 0.717) is 0 Å². The maximum atomic E-state index is 3.65. The predicted octanol–water partition coefficient (Wildman–Crippen LogP) is 1.23. The minimum Gasteiger partial charge on any atom is -0.315 e. The van der Waals surface area contributed by atoms with E-state index in [-0.39, 0.29) is 0 Å². The summed E-state index contributed by atoms with van der Waals surface area (Å²) in [4.78, 5) is 8.34. The zero-order chi connectivity index (χ0) is 14.8. The van der Waals surface area contributed by atoms with E-state index in [2.05, 4.69) is 20.0 Å². The summed E-state index contributed by atoms with van der Waals surface area (Å²) >= 11 is 0. The molecule has 4 aliphatic heterocycles. The van der Waals surface area contributed by atoms with Crippen molar-refractivity contribution in [1.82, 2.24) is 20.0 Å². The average Bonchev–Trinajstić information content (AvgIpc) is 3.30. The fourth-order valence-electron chi connectivity index (χ4n) is 5.32. The van der Waals surface area contributed by atoms with Crippen LogP contribution in [-0.4, -0.2) is 85.7 Å². The molecule has 0 saturated carbocycles. The molecule has 1 N–H and O–H groups in total. The normalized spacial score (nSPS) is 39.0. The van der Waals surface area contributed by atoms with Gasteiger partial charge >= 0.3 is 0 Å². The number of likely N-dealkylation sites (tertiary alicyclic amines) is 3. The number of nitrogens with one attached hydrogen (secondary N) is 1. The lowest BCUT2D eigenvalue weighted by Crippen LogP contribution is -2.53. The summed E-state index contributed by atoms with van der Waals surface area (Å²) in [6.07, 6.45) is 8.50. The van der Waals surface area contributed by atoms with E-state index >= 15 is 0 Å². The molecule has 0 spiro atoms. The van der Waals surface area contributed by atoms with Crippen LogP contribution in [0.25, 0.3) is 0 Å². The van der Waals surface area contributed by atoms with Crippen LogP contribution in [0.5, 0.6) is 0 Å². The fourth-order valence-corrected chi connectivity index (χ4v) is 5.32. The molecule has 3 atom stereocenters. The van der Waals surface area contributed by atoms with E-state index in [0.717, 1.165) is 18.0 Å². The van der Waals surface area contributed by atoms with Crippen molar-refractivity contribution in [3.05, 3.63) is 0 Å². The molecule has 3 unspecified atom stereocenters. The van der Waals surface area contributed by atoms with Crippen molar-refractivity contribution in [3.8, 4) is 0 Å². The smallest absolute Gasteiger partial charge is 0.0261 e. The van der Waals surface area contributed by atoms with Gasteiger partial charge in [0.2, 0.25) is 0 Å². The molecule has 4 heterocycles. The molecule has 0 bridgehead atoms. The lowest BCUT2D eigenvalue weighted by atomic mass is 9.91. The SMILES string of the molecule is C1CCN(C2CCN(CC3CCNCC3N3CCCC3)C2)C1. The Morgan fingerprint density at radius 3 is 2.32 bits per heavy atom. The standard InChI is InChI=1S/C18H34N4/c1-2-9-21(8-1)17-6-12-20(15-17)14-16-5-7-19-13-18(16)22-10-3-4-11-22/h16-19H,1-15H2. The molecule has 22 heavy (non-hydrogen) atoms. The first-order chi connectivity index (χ1) is 10.9. The molecule has 4 saturated heterocycles. The molecule has 4 aliphatic rings. The third-order valence-electron chi connectivity index (χ3n) is 6.60. The molecule has 0 aliphatic carbocycles. The van der Waals surface area contributed by atoms with E-state index in [1.165, 1.54) is 97.4 Å². The van der Waals surface area contributed by atoms with Gasteiger partial charge in [-0.2, -0.15) is 0 Å². The molecule has 0 aromatic carbocycles. The molecule has 0 aromatic heterocycles. The molecular formula is C18H34N4. The van der Waals surface area contributed by atoms with Crippen LogP contribution in [0.15, 0.2) is 0 Å². The number of hydrogen-bond donors (Lipinski definition) is 1. The summed E-state index contributed by atoms with van der Waals surface area (Å²) < 4.78 is 0. The van der Waals surface area contributed by atoms with Crippen molar-refractivity contribution < 1.29 is 0 Å². The summed E-state index contributed by atoms with van der Waals surface area (Å²) in [5, 5.41) is 3.65. The Hall–Kier alpha value is -0.160. The van der Waals surface area contributed by atoms with Gasteiger partial charge in [0.25, 0.3) is 0 Å². The number of nitrogens with zero attached hydrogens (tertiary/aromatic N) is 3. The minimum absolute atomic E-state index is 0.807. The van der Waals surface area contributed by atoms with Crippen molar-refractivity contribution in [2.24, 2.45) is 5.92 Å². The molecule has 4 heteroatoms. The molecule has 0 amide bonds. The summed E-state index contributed by atoms with van der Waals surface area (Å²) in [7, 11) is 0. The predicted molar refractivity (Wildman–Crippen MR) is 91.2 cm³/mol. The first-order valence-electron chi connectivity index (χ1n) is 9.81. The molecule has 4 nitrogen and oxygen atoms in total. The van der Waals surface area contributed by atoms with Crippen LogP contribution < -0.4 is 5.32 Å². The van der Waals surface area contributed by atoms with E-state index < -0.39 is 0 Å². The monoisotopic (exact) mass is 306 g/mol. The van der Waals surface area contributed by atoms with Gasteiger partial charge in [-0.25, -0.2) is 0 Å². The van der Waals surface area contributed by atoms with Crippen LogP contribution in [0, 0.1) is 5.92 Å². The highest BCUT2D eigenvalue weighted by molar-refractivity contribution is 4.92. The number of piperidine rings is 1. The van der Waals surface area contributed by atoms with Crippen molar-refractivity contribution in [1.29, 1.82) is 0 Å². The van der Waals surface area contributed by atoms with Crippen molar-refractivity contribution in [2.75, 3.05) is 58.9 Å². The van der Waals surface area contributed by atoms with E-state index in [1.807, 2.05) is 0 Å². The fraction of sp³-hybridized carbons (Fsp3) is 1.00. The van der Waals surface area contributed by atoms with Crippen LogP contribution in [0.2, 0.25) is 0 Å². The quantitative estimate of drug-likeness (QED) is 0.843. The summed E-state index contributed by atoms with van der Waals surface area (Å²) in [6.45, 7) is 11.9. The van der Waals surface area contributed by atoms with Crippen molar-refractivity contribution >= 4 is 0 Å². The Labute approximate surface area is 136 Å². The van der Waals surface area contributed by atoms with E-state index in [1.54, 1.807) is 0 Å². The highest BCUT2D eigenvalue weighted by atomic mass is 15.3. The molecular weight excluding hydrogens is 272 g/mol. The van der Waals surface area contributed by atoms with Gasteiger partial charge in [-0.15, -0.1) is 0 Å². The van der Waals surface area contributed by atoms with Crippen molar-refractivity contribution in [2.45, 2.75) is 50.6 Å². The van der Waals surface area contributed by atoms with Crippen LogP contribution in [-0.2, 0) is 0 Å². The lowest BCUT2D eigenvalue weighted by Gasteiger charge is -2.40. The first kappa shape index (κ1) is 15.4. The summed E-state index contributed by atoms with van der Waals surface area (Å²) in [6, 6.07) is 1.68. The Morgan fingerprint density at radius 1 is 0.818 bits per heavy atom. The summed E-state index contributed by atoms with van der Waals surface area (Å²) in [5.41, 5.74) is 0. The Morgan fingerprint density at radius 2 is 1.55 bits per heavy atom. The third kappa shape index (κ3) is 3.35. The van der Waals surface area contributed by atoms with Crippen LogP contribution in [0.1, 0.15) is 38.5 Å². The third-order valence-corrected chi connectivity index (χ3v) is 6.60. The Bertz CT molecular complexity index is 349. The largest absolute Gasteiger partial charge is 0.315 e.